The molecule has 0 aliphatic carbocycles. The summed E-state index contributed by atoms with van der Waals surface area (Å²) in [5, 5.41) is 19.4. The number of imidazole rings is 1. The van der Waals surface area contributed by atoms with E-state index in [0.29, 0.717) is 27.7 Å². The number of hydrogen-bond donors (Lipinski definition) is 2. The van der Waals surface area contributed by atoms with Crippen LogP contribution in [0.3, 0.4) is 0 Å². The van der Waals surface area contributed by atoms with E-state index in [-0.39, 0.29) is 13.2 Å². The average Bonchev–Trinajstić information content (AvgIpc) is 2.96. The van der Waals surface area contributed by atoms with Crippen LogP contribution in [-0.4, -0.2) is 26.7 Å². The van der Waals surface area contributed by atoms with Gasteiger partial charge < -0.3 is 19.4 Å². The van der Waals surface area contributed by atoms with Crippen LogP contribution in [0, 0.1) is 0 Å². The van der Waals surface area contributed by atoms with Gasteiger partial charge in [-0.1, -0.05) is 11.6 Å². The molecule has 2 N–H and O–H groups in total. The lowest BCUT2D eigenvalue weighted by Gasteiger charge is -2.09. The van der Waals surface area contributed by atoms with E-state index in [4.69, 9.17) is 16.3 Å². The van der Waals surface area contributed by atoms with Gasteiger partial charge in [0.15, 0.2) is 0 Å². The quantitative estimate of drug-likeness (QED) is 0.708. The van der Waals surface area contributed by atoms with Gasteiger partial charge in [0, 0.05) is 22.4 Å². The minimum absolute atomic E-state index is 0.0739. The number of aliphatic hydroxyl groups is 2. The van der Waals surface area contributed by atoms with Crippen LogP contribution in [0.2, 0.25) is 5.02 Å². The first-order valence-corrected chi connectivity index (χ1v) is 8.00. The molecule has 7 heteroatoms. The van der Waals surface area contributed by atoms with Gasteiger partial charge in [-0.3, -0.25) is 0 Å². The van der Waals surface area contributed by atoms with Gasteiger partial charge in [0.25, 0.3) is 0 Å². The Kier molecular flexibility index (Phi) is 4.59. The van der Waals surface area contributed by atoms with Crippen LogP contribution in [0.1, 0.15) is 11.1 Å². The maximum absolute atomic E-state index is 9.62. The molecule has 1 aromatic carbocycles. The SMILES string of the molecule is COc1cc(CO)c(-c2cn3cc(Br)c(CO)cc3n2)cc1Cl. The number of hydrogen-bond acceptors (Lipinski definition) is 4. The Morgan fingerprint density at radius 3 is 2.57 bits per heavy atom. The van der Waals surface area contributed by atoms with Gasteiger partial charge >= 0.3 is 0 Å². The van der Waals surface area contributed by atoms with E-state index in [1.165, 1.54) is 7.11 Å². The standard InChI is InChI=1S/C16H14BrClN2O3/c1-23-15-2-9(7-21)11(4-13(15)18)14-6-20-5-12(17)10(8-22)3-16(20)19-14/h2-6,21-22H,7-8H2,1H3. The number of methoxy groups -OCH3 is 1. The molecule has 0 unspecified atom stereocenters. The number of halogens is 2. The second-order valence-corrected chi connectivity index (χ2v) is 6.26. The van der Waals surface area contributed by atoms with E-state index in [2.05, 4.69) is 20.9 Å². The van der Waals surface area contributed by atoms with Crippen molar-refractivity contribution in [3.63, 3.8) is 0 Å². The third-order valence-electron chi connectivity index (χ3n) is 3.62. The molecule has 0 radical (unpaired) electrons. The van der Waals surface area contributed by atoms with E-state index < -0.39 is 0 Å². The van der Waals surface area contributed by atoms with E-state index in [0.717, 1.165) is 15.6 Å². The van der Waals surface area contributed by atoms with Crippen LogP contribution in [0.15, 0.2) is 35.1 Å². The third-order valence-corrected chi connectivity index (χ3v) is 4.63. The molecule has 2 aromatic heterocycles. The Hall–Kier alpha value is -1.60. The van der Waals surface area contributed by atoms with Gasteiger partial charge in [-0.15, -0.1) is 0 Å². The van der Waals surface area contributed by atoms with Gasteiger partial charge in [0.2, 0.25) is 0 Å². The summed E-state index contributed by atoms with van der Waals surface area (Å²) in [5.74, 6) is 0.508. The molecule has 120 valence electrons. The Balaban J connectivity index is 2.18. The van der Waals surface area contributed by atoms with E-state index in [1.54, 1.807) is 18.2 Å². The molecule has 0 atom stereocenters. The molecule has 0 spiro atoms. The Morgan fingerprint density at radius 1 is 1.17 bits per heavy atom. The molecule has 2 heterocycles. The van der Waals surface area contributed by atoms with Crippen molar-refractivity contribution in [2.75, 3.05) is 7.11 Å². The molecule has 0 fully saturated rings. The Morgan fingerprint density at radius 2 is 1.91 bits per heavy atom. The fourth-order valence-corrected chi connectivity index (χ4v) is 3.12. The van der Waals surface area contributed by atoms with Crippen molar-refractivity contribution in [2.45, 2.75) is 13.2 Å². The van der Waals surface area contributed by atoms with Crippen LogP contribution >= 0.6 is 27.5 Å². The number of aromatic nitrogens is 2. The molecule has 3 rings (SSSR count). The zero-order valence-electron chi connectivity index (χ0n) is 12.3. The Bertz CT molecular complexity index is 879. The van der Waals surface area contributed by atoms with Crippen molar-refractivity contribution in [3.05, 3.63) is 51.2 Å². The van der Waals surface area contributed by atoms with Crippen LogP contribution in [0.4, 0.5) is 0 Å². The summed E-state index contributed by atoms with van der Waals surface area (Å²) in [5.41, 5.74) is 3.55. The topological polar surface area (TPSA) is 67.0 Å². The van der Waals surface area contributed by atoms with Crippen molar-refractivity contribution in [1.82, 2.24) is 9.38 Å². The summed E-state index contributed by atoms with van der Waals surface area (Å²) < 4.78 is 7.82. The second kappa shape index (κ2) is 6.49. The highest BCUT2D eigenvalue weighted by Crippen LogP contribution is 2.34. The fraction of sp³-hybridized carbons (Fsp3) is 0.188. The van der Waals surface area contributed by atoms with Crippen LogP contribution < -0.4 is 4.74 Å². The van der Waals surface area contributed by atoms with Crippen molar-refractivity contribution in [1.29, 1.82) is 0 Å². The number of nitrogens with zero attached hydrogens (tertiary/aromatic N) is 2. The maximum atomic E-state index is 9.62. The summed E-state index contributed by atoms with van der Waals surface area (Å²) in [6.45, 7) is -0.224. The van der Waals surface area contributed by atoms with E-state index in [1.807, 2.05) is 16.8 Å². The molecule has 0 bridgehead atoms. The first-order chi connectivity index (χ1) is 11.1. The first kappa shape index (κ1) is 16.3. The fourth-order valence-electron chi connectivity index (χ4n) is 2.42. The minimum atomic E-state index is -0.150. The zero-order valence-corrected chi connectivity index (χ0v) is 14.6. The summed E-state index contributed by atoms with van der Waals surface area (Å²) in [6.07, 6.45) is 3.68. The van der Waals surface area contributed by atoms with Crippen molar-refractivity contribution >= 4 is 33.2 Å². The molecule has 0 aliphatic rings. The molecule has 3 aromatic rings. The summed E-state index contributed by atoms with van der Waals surface area (Å²) in [7, 11) is 1.53. The van der Waals surface area contributed by atoms with Gasteiger partial charge in [-0.05, 0) is 45.3 Å². The number of ether oxygens (including phenoxy) is 1. The molecular formula is C16H14BrClN2O3. The van der Waals surface area contributed by atoms with Gasteiger partial charge in [-0.2, -0.15) is 0 Å². The molecule has 0 saturated heterocycles. The molecule has 0 aliphatic heterocycles. The number of rotatable bonds is 4. The molecular weight excluding hydrogens is 384 g/mol. The molecule has 23 heavy (non-hydrogen) atoms. The van der Waals surface area contributed by atoms with Gasteiger partial charge in [0.1, 0.15) is 11.4 Å². The maximum Gasteiger partial charge on any atom is 0.137 e. The van der Waals surface area contributed by atoms with Crippen molar-refractivity contribution < 1.29 is 14.9 Å². The lowest BCUT2D eigenvalue weighted by atomic mass is 10.1. The summed E-state index contributed by atoms with van der Waals surface area (Å²) in [6, 6.07) is 5.24. The minimum Gasteiger partial charge on any atom is -0.495 e. The smallest absolute Gasteiger partial charge is 0.137 e. The highest BCUT2D eigenvalue weighted by Gasteiger charge is 2.14. The number of fused-ring (bicyclic) bond motifs is 1. The molecule has 0 amide bonds. The lowest BCUT2D eigenvalue weighted by Crippen LogP contribution is -1.93. The van der Waals surface area contributed by atoms with Crippen LogP contribution in [-0.2, 0) is 13.2 Å². The highest BCUT2D eigenvalue weighted by atomic mass is 79.9. The van der Waals surface area contributed by atoms with Gasteiger partial charge in [-0.25, -0.2) is 4.98 Å². The summed E-state index contributed by atoms with van der Waals surface area (Å²) in [4.78, 5) is 4.56. The highest BCUT2D eigenvalue weighted by molar-refractivity contribution is 9.10. The second-order valence-electron chi connectivity index (χ2n) is 5.00. The van der Waals surface area contributed by atoms with Crippen LogP contribution in [0.5, 0.6) is 5.75 Å². The van der Waals surface area contributed by atoms with E-state index in [9.17, 15) is 10.2 Å². The van der Waals surface area contributed by atoms with Gasteiger partial charge in [0.05, 0.1) is 31.0 Å². The first-order valence-electron chi connectivity index (χ1n) is 6.83. The molecule has 5 nitrogen and oxygen atoms in total. The third kappa shape index (κ3) is 2.95. The monoisotopic (exact) mass is 396 g/mol. The summed E-state index contributed by atoms with van der Waals surface area (Å²) >= 11 is 9.61. The predicted octanol–water partition coefficient (Wildman–Crippen LogP) is 3.41. The number of benzene rings is 1. The predicted molar refractivity (Wildman–Crippen MR) is 91.7 cm³/mol. The molecule has 0 saturated carbocycles. The lowest BCUT2D eigenvalue weighted by molar-refractivity contribution is 0.281. The number of aliphatic hydroxyl groups excluding tert-OH is 2. The van der Waals surface area contributed by atoms with Crippen LogP contribution in [0.25, 0.3) is 16.9 Å². The average molecular weight is 398 g/mol. The normalized spacial score (nSPS) is 11.2. The van der Waals surface area contributed by atoms with Crippen molar-refractivity contribution in [3.8, 4) is 17.0 Å². The van der Waals surface area contributed by atoms with Crippen molar-refractivity contribution in [2.24, 2.45) is 0 Å². The Labute approximate surface area is 146 Å². The zero-order chi connectivity index (χ0) is 16.6. The largest absolute Gasteiger partial charge is 0.495 e. The number of pyridine rings is 1. The van der Waals surface area contributed by atoms with E-state index >= 15 is 0 Å².